The maximum Gasteiger partial charge on any atom is 5.00 e. The van der Waals surface area contributed by atoms with Gasteiger partial charge in [0.1, 0.15) is 54.9 Å². The molecule has 0 aromatic carbocycles. The van der Waals surface area contributed by atoms with Crippen molar-refractivity contribution in [3.63, 3.8) is 0 Å². The zero-order valence-corrected chi connectivity index (χ0v) is 46.7. The quantitative estimate of drug-likeness (QED) is 0.0774. The molecule has 0 aliphatic carbocycles. The number of rotatable bonds is 18. The second-order valence-electron chi connectivity index (χ2n) is 4.98. The van der Waals surface area contributed by atoms with Crippen LogP contribution >= 0.6 is 0 Å². The fourth-order valence-electron chi connectivity index (χ4n) is 1.21. The van der Waals surface area contributed by atoms with Crippen LogP contribution in [0.1, 0.15) is 0 Å². The van der Waals surface area contributed by atoms with Crippen molar-refractivity contribution >= 4 is 0 Å². The van der Waals surface area contributed by atoms with E-state index in [0.29, 0.717) is 39.6 Å². The summed E-state index contributed by atoms with van der Waals surface area (Å²) in [5, 5.41) is 0. The van der Waals surface area contributed by atoms with Gasteiger partial charge in [0, 0.05) is 36.6 Å². The van der Waals surface area contributed by atoms with Gasteiger partial charge in [-0.05, 0) is 0 Å². The fourth-order valence-corrected chi connectivity index (χ4v) is 1.21. The van der Waals surface area contributed by atoms with E-state index in [0.717, 1.165) is 39.6 Å². The van der Waals surface area contributed by atoms with E-state index in [9.17, 15) is 0 Å². The van der Waals surface area contributed by atoms with Crippen LogP contribution in [0, 0.1) is 0 Å². The van der Waals surface area contributed by atoms with Gasteiger partial charge in [-0.3, -0.25) is 0 Å². The van der Waals surface area contributed by atoms with Gasteiger partial charge >= 0.3 is 44.8 Å². The summed E-state index contributed by atoms with van der Waals surface area (Å²) >= 11 is 0. The van der Waals surface area contributed by atoms with Gasteiger partial charge in [0.25, 0.3) is 0 Å². The average molecular weight is 1320 g/mol. The molecule has 0 aromatic rings. The molecule has 0 heterocycles. The zero-order valence-electron chi connectivity index (χ0n) is 26.5. The molecule has 0 saturated heterocycles. The van der Waals surface area contributed by atoms with E-state index in [1.165, 1.54) is 0 Å². The first-order valence-electron chi connectivity index (χ1n) is 9.18. The Bertz CT molecular complexity index is 218. The van der Waals surface area contributed by atoms with E-state index in [2.05, 4.69) is 18.9 Å². The molecular weight excluding hydrogens is 1280 g/mol. The van der Waals surface area contributed by atoms with Gasteiger partial charge < -0.3 is 266 Å². The Hall–Kier alpha value is 7.08. The number of aliphatic hydroxyl groups is 8. The summed E-state index contributed by atoms with van der Waals surface area (Å²) < 4.78 is 40.3. The topological polar surface area (TPSA) is 97.3 Å². The summed E-state index contributed by atoms with van der Waals surface area (Å²) in [5.41, 5.74) is 0. The molecule has 0 atom stereocenters. The van der Waals surface area contributed by atoms with E-state index in [1.54, 1.807) is 42.7 Å². The molecule has 1 radical (unpaired) electrons. The summed E-state index contributed by atoms with van der Waals surface area (Å²) in [7, 11) is 10.4. The monoisotopic (exact) mass is 1310 g/mol. The molecule has 0 aliphatic rings. The second-order valence-corrected chi connectivity index (χ2v) is 4.98. The number of halogens is 18. The van der Waals surface area contributed by atoms with Crippen molar-refractivity contribution in [3.8, 4) is 0 Å². The van der Waals surface area contributed by atoms with Gasteiger partial charge in [0.05, 0.1) is 26.4 Å². The van der Waals surface area contributed by atoms with Crippen LogP contribution in [0.5, 0.6) is 0 Å². The first kappa shape index (κ1) is 167. The largest absolute Gasteiger partial charge is 5.00 e. The van der Waals surface area contributed by atoms with Crippen LogP contribution in [-0.4, -0.2) is 141 Å². The normalized spacial score (nSPS) is 5.62. The molecule has 0 bridgehead atoms. The molecule has 48 heavy (non-hydrogen) atoms. The van der Waals surface area contributed by atoms with E-state index in [-0.39, 0.29) is 290 Å². The molecule has 30 heteroatoms. The van der Waals surface area contributed by atoms with Crippen molar-refractivity contribution in [1.29, 1.82) is 0 Å². The van der Waals surface area contributed by atoms with Crippen LogP contribution < -0.4 is 223 Å². The predicted octanol–water partition coefficient (Wildman–Crippen LogP) is -55.0. The number of methoxy groups -OCH3 is 2. The molecule has 0 unspecified atom stereocenters. The second kappa shape index (κ2) is 193. The van der Waals surface area contributed by atoms with Gasteiger partial charge in [0.2, 0.25) is 0 Å². The summed E-state index contributed by atoms with van der Waals surface area (Å²) in [6.45, 7) is 8.71. The Balaban J connectivity index is -0.00000000671. The molecule has 0 aliphatic heterocycles. The van der Waals surface area contributed by atoms with Crippen molar-refractivity contribution in [2.75, 3.05) is 122 Å². The van der Waals surface area contributed by atoms with Crippen LogP contribution in [0.3, 0.4) is 0 Å². The minimum Gasteiger partial charge on any atom is -1.00 e. The molecule has 0 fully saturated rings. The molecule has 0 rings (SSSR count). The number of ether oxygens (including phenoxy) is 9. The Kier molecular flexibility index (Phi) is 671. The maximum absolute atomic E-state index is 5.13. The van der Waals surface area contributed by atoms with Crippen molar-refractivity contribution in [3.05, 3.63) is 0 Å². The minimum absolute atomic E-state index is 0. The third-order valence-electron chi connectivity index (χ3n) is 2.70. The first-order chi connectivity index (χ1) is 13.2. The standard InChI is InChI=1S/3C6H14O3.18ClH.3Nb/c3*1-7-3-5-9-6-4-8-2;;;;;;;;;;;;;;;;;;;;;/h3*3-6H2,1-2H3;18*1H;;;/q;;;;;;;;;;;;;;;;;;;;;;2*+5/p-14. The summed E-state index contributed by atoms with van der Waals surface area (Å²) in [6, 6.07) is 0. The fraction of sp³-hybridized carbons (Fsp3) is 1.00. The van der Waals surface area contributed by atoms with Crippen molar-refractivity contribution in [2.24, 2.45) is 0 Å². The Morgan fingerprint density at radius 1 is 0.292 bits per heavy atom. The van der Waals surface area contributed by atoms with Crippen LogP contribution in [0.15, 0.2) is 0 Å². The van der Waals surface area contributed by atoms with Crippen LogP contribution in [-0.2, 0) is 90.8 Å². The smallest absolute Gasteiger partial charge is 1.00 e. The van der Waals surface area contributed by atoms with Gasteiger partial charge in [-0.1, -0.05) is 0 Å². The van der Waals surface area contributed by atoms with E-state index < -0.39 is 0 Å². The third-order valence-corrected chi connectivity index (χ3v) is 2.70. The average Bonchev–Trinajstić information content (AvgIpc) is 2.69. The maximum atomic E-state index is 5.13. The van der Waals surface area contributed by atoms with Gasteiger partial charge in [-0.25, -0.2) is 0 Å². The minimum atomic E-state index is 0. The van der Waals surface area contributed by atoms with Gasteiger partial charge in [-0.15, -0.1) is 0 Å². The number of hydrogen-bond acceptors (Lipinski definition) is 5. The SMILES string of the molecule is COCCOCC[OH+]C.COCCOCC[OH+]C.C[OH+]CCOCC[OH+]C.[Cl-].[Cl-].[Cl-].[Cl-].[Cl-].[Cl-].[Cl-].[Cl-].[Cl-].[Cl-].[Cl-].[Cl-].[Cl-].[Cl-].[Cl-].[Cl-].[Cl-].[Cl-].[Nb+5].[Nb+5].[Nb]. The Morgan fingerprint density at radius 3 is 0.562 bits per heavy atom. The van der Waals surface area contributed by atoms with Crippen LogP contribution in [0.25, 0.3) is 0 Å². The molecule has 4 N–H and O–H groups in total. The van der Waals surface area contributed by atoms with E-state index >= 15 is 0 Å². The third kappa shape index (κ3) is 229. The zero-order chi connectivity index (χ0) is 20.8. The van der Waals surface area contributed by atoms with E-state index in [4.69, 9.17) is 23.7 Å². The van der Waals surface area contributed by atoms with Crippen LogP contribution in [0.2, 0.25) is 0 Å². The molecule has 0 amide bonds. The molecule has 9 nitrogen and oxygen atoms in total. The Morgan fingerprint density at radius 2 is 0.438 bits per heavy atom. The van der Waals surface area contributed by atoms with Gasteiger partial charge in [-0.2, -0.15) is 0 Å². The Labute approximate surface area is 449 Å². The van der Waals surface area contributed by atoms with Crippen molar-refractivity contribution < 1.29 is 333 Å². The summed E-state index contributed by atoms with van der Waals surface area (Å²) in [4.78, 5) is 0. The first-order valence-corrected chi connectivity index (χ1v) is 9.18. The number of hydrogen-bond donors (Lipinski definition) is 0. The molecular formula is C18H46Cl18Nb3O9-4. The van der Waals surface area contributed by atoms with Crippen LogP contribution in [0.4, 0.5) is 0 Å². The predicted molar refractivity (Wildman–Crippen MR) is 108 cm³/mol. The molecule has 317 valence electrons. The summed E-state index contributed by atoms with van der Waals surface area (Å²) in [5.74, 6) is 0. The molecule has 0 aromatic heterocycles. The van der Waals surface area contributed by atoms with Crippen molar-refractivity contribution in [1.82, 2.24) is 0 Å². The van der Waals surface area contributed by atoms with Gasteiger partial charge in [0.15, 0.2) is 26.4 Å². The molecule has 0 spiro atoms. The van der Waals surface area contributed by atoms with E-state index in [1.807, 2.05) is 0 Å². The van der Waals surface area contributed by atoms with Crippen molar-refractivity contribution in [2.45, 2.75) is 0 Å². The molecule has 0 saturated carbocycles. The summed E-state index contributed by atoms with van der Waals surface area (Å²) in [6.07, 6.45) is 0.